The van der Waals surface area contributed by atoms with Crippen molar-refractivity contribution in [2.24, 2.45) is 5.73 Å². The number of rotatable bonds is 3. The third-order valence-electron chi connectivity index (χ3n) is 2.33. The van der Waals surface area contributed by atoms with E-state index in [4.69, 9.17) is 11.5 Å². The molecule has 0 atom stereocenters. The molecule has 0 aliphatic carbocycles. The van der Waals surface area contributed by atoms with E-state index in [9.17, 15) is 4.79 Å². The zero-order chi connectivity index (χ0) is 13.1. The van der Waals surface area contributed by atoms with Crippen LogP contribution >= 0.6 is 27.7 Å². The predicted octanol–water partition coefficient (Wildman–Crippen LogP) is 3.28. The lowest BCUT2D eigenvalue weighted by atomic mass is 10.2. The highest BCUT2D eigenvalue weighted by Gasteiger charge is 2.12. The first-order valence-corrected chi connectivity index (χ1v) is 6.80. The van der Waals surface area contributed by atoms with Crippen molar-refractivity contribution in [3.05, 3.63) is 52.5 Å². The van der Waals surface area contributed by atoms with Crippen molar-refractivity contribution in [2.75, 3.05) is 5.73 Å². The Hall–Kier alpha value is -1.46. The fraction of sp³-hybridized carbons (Fsp3) is 0. The molecule has 0 saturated heterocycles. The molecule has 2 rings (SSSR count). The molecule has 0 saturated carbocycles. The molecule has 2 aromatic carbocycles. The maximum Gasteiger partial charge on any atom is 0.249 e. The lowest BCUT2D eigenvalue weighted by Crippen LogP contribution is -2.12. The van der Waals surface area contributed by atoms with Crippen LogP contribution in [-0.4, -0.2) is 5.91 Å². The first kappa shape index (κ1) is 13.0. The Morgan fingerprint density at radius 1 is 1.17 bits per heavy atom. The Morgan fingerprint density at radius 2 is 1.89 bits per heavy atom. The molecule has 0 bridgehead atoms. The maximum atomic E-state index is 11.4. The van der Waals surface area contributed by atoms with E-state index in [0.29, 0.717) is 16.1 Å². The van der Waals surface area contributed by atoms with E-state index in [2.05, 4.69) is 15.9 Å². The van der Waals surface area contributed by atoms with Gasteiger partial charge >= 0.3 is 0 Å². The Kier molecular flexibility index (Phi) is 3.93. The largest absolute Gasteiger partial charge is 0.398 e. The Balaban J connectivity index is 2.42. The molecule has 3 nitrogen and oxygen atoms in total. The van der Waals surface area contributed by atoms with Gasteiger partial charge in [0.2, 0.25) is 5.91 Å². The molecule has 0 heterocycles. The molecule has 0 radical (unpaired) electrons. The van der Waals surface area contributed by atoms with Crippen molar-refractivity contribution < 1.29 is 4.79 Å². The summed E-state index contributed by atoms with van der Waals surface area (Å²) in [6.45, 7) is 0. The highest BCUT2D eigenvalue weighted by molar-refractivity contribution is 9.10. The third-order valence-corrected chi connectivity index (χ3v) is 3.97. The minimum atomic E-state index is -0.472. The molecule has 4 N–H and O–H groups in total. The van der Waals surface area contributed by atoms with E-state index in [1.807, 2.05) is 24.3 Å². The molecule has 0 fully saturated rings. The van der Waals surface area contributed by atoms with Crippen molar-refractivity contribution in [1.29, 1.82) is 0 Å². The quantitative estimate of drug-likeness (QED) is 0.852. The van der Waals surface area contributed by atoms with E-state index in [-0.39, 0.29) is 0 Å². The molecule has 1 amide bonds. The van der Waals surface area contributed by atoms with Crippen LogP contribution in [0.5, 0.6) is 0 Å². The fourth-order valence-corrected chi connectivity index (χ4v) is 3.09. The highest BCUT2D eigenvalue weighted by atomic mass is 79.9. The fourth-order valence-electron chi connectivity index (χ4n) is 1.51. The molecule has 0 unspecified atom stereocenters. The van der Waals surface area contributed by atoms with Gasteiger partial charge in [-0.3, -0.25) is 4.79 Å². The van der Waals surface area contributed by atoms with Crippen molar-refractivity contribution >= 4 is 39.3 Å². The number of nitrogen functional groups attached to an aromatic ring is 1. The van der Waals surface area contributed by atoms with E-state index in [1.165, 1.54) is 11.8 Å². The summed E-state index contributed by atoms with van der Waals surface area (Å²) in [4.78, 5) is 13.1. The number of anilines is 1. The molecule has 0 aliphatic heterocycles. The molecule has 18 heavy (non-hydrogen) atoms. The normalized spacial score (nSPS) is 10.3. The second kappa shape index (κ2) is 5.46. The van der Waals surface area contributed by atoms with Gasteiger partial charge in [0.1, 0.15) is 0 Å². The number of carbonyl (C=O) groups excluding carboxylic acids is 1. The highest BCUT2D eigenvalue weighted by Crippen LogP contribution is 2.35. The van der Waals surface area contributed by atoms with Gasteiger partial charge in [0.05, 0.1) is 5.56 Å². The number of carbonyl (C=O) groups is 1. The molecule has 5 heteroatoms. The average Bonchev–Trinajstić information content (AvgIpc) is 2.31. The first-order chi connectivity index (χ1) is 8.58. The van der Waals surface area contributed by atoms with Crippen LogP contribution in [0.15, 0.2) is 56.7 Å². The van der Waals surface area contributed by atoms with E-state index in [0.717, 1.165) is 9.37 Å². The van der Waals surface area contributed by atoms with Crippen molar-refractivity contribution in [3.63, 3.8) is 0 Å². The average molecular weight is 323 g/mol. The number of hydrogen-bond acceptors (Lipinski definition) is 3. The molecular weight excluding hydrogens is 312 g/mol. The number of halogens is 1. The second-order valence-corrected chi connectivity index (χ2v) is 5.65. The lowest BCUT2D eigenvalue weighted by molar-refractivity contribution is 0.0997. The SMILES string of the molecule is NC(=O)c1cccc(N)c1Sc1cccc(Br)c1. The molecule has 0 aromatic heterocycles. The van der Waals surface area contributed by atoms with Crippen LogP contribution in [0.25, 0.3) is 0 Å². The topological polar surface area (TPSA) is 69.1 Å². The van der Waals surface area contributed by atoms with Gasteiger partial charge in [-0.15, -0.1) is 0 Å². The monoisotopic (exact) mass is 322 g/mol. The summed E-state index contributed by atoms with van der Waals surface area (Å²) in [5.74, 6) is -0.472. The van der Waals surface area contributed by atoms with Gasteiger partial charge in [-0.05, 0) is 30.3 Å². The summed E-state index contributed by atoms with van der Waals surface area (Å²) >= 11 is 4.83. The summed E-state index contributed by atoms with van der Waals surface area (Å²) in [5.41, 5.74) is 12.3. The summed E-state index contributed by atoms with van der Waals surface area (Å²) in [5, 5.41) is 0. The number of benzene rings is 2. The third kappa shape index (κ3) is 2.86. The van der Waals surface area contributed by atoms with E-state index >= 15 is 0 Å². The zero-order valence-electron chi connectivity index (χ0n) is 9.39. The maximum absolute atomic E-state index is 11.4. The van der Waals surface area contributed by atoms with Crippen LogP contribution in [-0.2, 0) is 0 Å². The summed E-state index contributed by atoms with van der Waals surface area (Å²) in [7, 11) is 0. The minimum Gasteiger partial charge on any atom is -0.398 e. The summed E-state index contributed by atoms with van der Waals surface area (Å²) < 4.78 is 0.975. The Labute approximate surface area is 118 Å². The first-order valence-electron chi connectivity index (χ1n) is 5.19. The lowest BCUT2D eigenvalue weighted by Gasteiger charge is -2.09. The molecular formula is C13H11BrN2OS. The number of primary amides is 1. The minimum absolute atomic E-state index is 0.444. The van der Waals surface area contributed by atoms with Crippen LogP contribution in [0.1, 0.15) is 10.4 Å². The van der Waals surface area contributed by atoms with Gasteiger partial charge in [0.25, 0.3) is 0 Å². The number of amides is 1. The van der Waals surface area contributed by atoms with Gasteiger partial charge in [-0.25, -0.2) is 0 Å². The smallest absolute Gasteiger partial charge is 0.249 e. The summed E-state index contributed by atoms with van der Waals surface area (Å²) in [6, 6.07) is 12.9. The number of hydrogen-bond donors (Lipinski definition) is 2. The molecule has 0 aliphatic rings. The standard InChI is InChI=1S/C13H11BrN2OS/c14-8-3-1-4-9(7-8)18-12-10(13(16)17)5-2-6-11(12)15/h1-7H,15H2,(H2,16,17). The second-order valence-electron chi connectivity index (χ2n) is 3.65. The zero-order valence-corrected chi connectivity index (χ0v) is 11.8. The van der Waals surface area contributed by atoms with Crippen LogP contribution in [0.2, 0.25) is 0 Å². The van der Waals surface area contributed by atoms with Crippen LogP contribution in [0.4, 0.5) is 5.69 Å². The van der Waals surface area contributed by atoms with Crippen LogP contribution in [0.3, 0.4) is 0 Å². The molecule has 2 aromatic rings. The van der Waals surface area contributed by atoms with Gasteiger partial charge in [-0.2, -0.15) is 0 Å². The van der Waals surface area contributed by atoms with Crippen molar-refractivity contribution in [2.45, 2.75) is 9.79 Å². The van der Waals surface area contributed by atoms with Gasteiger partial charge < -0.3 is 11.5 Å². The summed E-state index contributed by atoms with van der Waals surface area (Å²) in [6.07, 6.45) is 0. The Bertz CT molecular complexity index is 601. The molecule has 0 spiro atoms. The van der Waals surface area contributed by atoms with E-state index < -0.39 is 5.91 Å². The Morgan fingerprint density at radius 3 is 2.56 bits per heavy atom. The van der Waals surface area contributed by atoms with Crippen molar-refractivity contribution in [3.8, 4) is 0 Å². The van der Waals surface area contributed by atoms with Gasteiger partial charge in [0.15, 0.2) is 0 Å². The van der Waals surface area contributed by atoms with E-state index in [1.54, 1.807) is 18.2 Å². The molecule has 92 valence electrons. The number of nitrogens with two attached hydrogens (primary N) is 2. The predicted molar refractivity (Wildman–Crippen MR) is 77.6 cm³/mol. The van der Waals surface area contributed by atoms with Crippen LogP contribution in [0, 0.1) is 0 Å². The van der Waals surface area contributed by atoms with Crippen LogP contribution < -0.4 is 11.5 Å². The van der Waals surface area contributed by atoms with Gasteiger partial charge in [0, 0.05) is 20.0 Å². The van der Waals surface area contributed by atoms with Crippen molar-refractivity contribution in [1.82, 2.24) is 0 Å². The van der Waals surface area contributed by atoms with Gasteiger partial charge in [-0.1, -0.05) is 39.8 Å².